The zero-order valence-corrected chi connectivity index (χ0v) is 24.3. The largest absolute Gasteiger partial charge is 0.484 e. The van der Waals surface area contributed by atoms with Crippen LogP contribution >= 0.6 is 34.7 Å². The highest BCUT2D eigenvalue weighted by molar-refractivity contribution is 7.99. The number of nitrogens with zero attached hydrogens (tertiary/aromatic N) is 4. The predicted octanol–water partition coefficient (Wildman–Crippen LogP) is 6.90. The van der Waals surface area contributed by atoms with E-state index in [0.29, 0.717) is 44.8 Å². The number of nitriles is 1. The third-order valence-electron chi connectivity index (χ3n) is 7.28. The second-order valence-electron chi connectivity index (χ2n) is 9.96. The molecule has 0 saturated heterocycles. The maximum absolute atomic E-state index is 12.9. The van der Waals surface area contributed by atoms with Crippen molar-refractivity contribution in [3.63, 3.8) is 0 Å². The van der Waals surface area contributed by atoms with Crippen molar-refractivity contribution in [2.75, 3.05) is 11.1 Å². The van der Waals surface area contributed by atoms with Gasteiger partial charge in [-0.05, 0) is 48.3 Å². The van der Waals surface area contributed by atoms with E-state index in [-0.39, 0.29) is 23.7 Å². The lowest BCUT2D eigenvalue weighted by molar-refractivity contribution is -0.113. The fourth-order valence-corrected chi connectivity index (χ4v) is 6.84. The smallest absolute Gasteiger partial charge is 0.235 e. The van der Waals surface area contributed by atoms with Crippen LogP contribution in [0.15, 0.2) is 42.1 Å². The summed E-state index contributed by atoms with van der Waals surface area (Å²) < 4.78 is 7.68. The van der Waals surface area contributed by atoms with Crippen LogP contribution in [0.25, 0.3) is 0 Å². The van der Waals surface area contributed by atoms with Crippen molar-refractivity contribution < 1.29 is 9.53 Å². The molecule has 1 amide bonds. The van der Waals surface area contributed by atoms with Crippen molar-refractivity contribution in [1.82, 2.24) is 14.8 Å². The number of carbonyl (C=O) groups excluding carboxylic acids is 1. The van der Waals surface area contributed by atoms with Crippen LogP contribution < -0.4 is 10.1 Å². The van der Waals surface area contributed by atoms with Crippen molar-refractivity contribution in [3.05, 3.63) is 63.8 Å². The maximum Gasteiger partial charge on any atom is 0.235 e. The zero-order valence-electron chi connectivity index (χ0n) is 21.9. The van der Waals surface area contributed by atoms with Crippen molar-refractivity contribution >= 4 is 45.6 Å². The predicted molar refractivity (Wildman–Crippen MR) is 154 cm³/mol. The van der Waals surface area contributed by atoms with Gasteiger partial charge in [-0.3, -0.25) is 9.36 Å². The second kappa shape index (κ2) is 12.4. The van der Waals surface area contributed by atoms with E-state index in [1.54, 1.807) is 29.5 Å². The van der Waals surface area contributed by atoms with E-state index in [9.17, 15) is 10.1 Å². The van der Waals surface area contributed by atoms with Crippen molar-refractivity contribution in [3.8, 4) is 11.8 Å². The number of benzene rings is 1. The summed E-state index contributed by atoms with van der Waals surface area (Å²) >= 11 is 9.02. The number of aromatic nitrogens is 3. The lowest BCUT2D eigenvalue weighted by Gasteiger charge is -2.36. The second-order valence-corrected chi connectivity index (χ2v) is 12.4. The first kappa shape index (κ1) is 28.2. The molecular weight excluding hydrogens is 538 g/mol. The number of thiophene rings is 1. The SMILES string of the molecule is C=CCn1c(COc2ccccc2Cl)nnc1SCC(=O)Nc1sc2c(c1C#N)CCC(C(C)(C)CC)C2. The molecule has 2 heterocycles. The average Bonchev–Trinajstić information content (AvgIpc) is 3.46. The van der Waals surface area contributed by atoms with Crippen LogP contribution in [0.1, 0.15) is 55.4 Å². The van der Waals surface area contributed by atoms with E-state index in [4.69, 9.17) is 16.3 Å². The Kier molecular flexibility index (Phi) is 9.19. The Morgan fingerprint density at radius 3 is 2.92 bits per heavy atom. The van der Waals surface area contributed by atoms with Gasteiger partial charge < -0.3 is 10.1 Å². The highest BCUT2D eigenvalue weighted by atomic mass is 35.5. The summed E-state index contributed by atoms with van der Waals surface area (Å²) in [6, 6.07) is 9.58. The van der Waals surface area contributed by atoms with Gasteiger partial charge in [-0.15, -0.1) is 28.1 Å². The van der Waals surface area contributed by atoms with Crippen molar-refractivity contribution in [2.24, 2.45) is 11.3 Å². The Balaban J connectivity index is 1.41. The lowest BCUT2D eigenvalue weighted by Crippen LogP contribution is -2.28. The highest BCUT2D eigenvalue weighted by Crippen LogP contribution is 2.45. The number of hydrogen-bond donors (Lipinski definition) is 1. The highest BCUT2D eigenvalue weighted by Gasteiger charge is 2.34. The maximum atomic E-state index is 12.9. The number of rotatable bonds is 11. The molecule has 0 fully saturated rings. The minimum atomic E-state index is -0.183. The van der Waals surface area contributed by atoms with E-state index in [1.807, 2.05) is 16.7 Å². The van der Waals surface area contributed by atoms with E-state index < -0.39 is 0 Å². The Morgan fingerprint density at radius 1 is 1.42 bits per heavy atom. The first-order chi connectivity index (χ1) is 18.3. The van der Waals surface area contributed by atoms with Gasteiger partial charge in [0.15, 0.2) is 11.0 Å². The Morgan fingerprint density at radius 2 is 2.21 bits per heavy atom. The van der Waals surface area contributed by atoms with Crippen molar-refractivity contribution in [1.29, 1.82) is 5.26 Å². The average molecular weight is 570 g/mol. The van der Waals surface area contributed by atoms with Gasteiger partial charge in [0.2, 0.25) is 5.91 Å². The number of halogens is 1. The molecule has 4 rings (SSSR count). The Labute approximate surface area is 237 Å². The van der Waals surface area contributed by atoms with Gasteiger partial charge in [-0.2, -0.15) is 5.26 Å². The molecule has 200 valence electrons. The van der Waals surface area contributed by atoms with Crippen LogP contribution in [-0.2, 0) is 30.8 Å². The quantitative estimate of drug-likeness (QED) is 0.199. The summed E-state index contributed by atoms with van der Waals surface area (Å²) in [4.78, 5) is 14.1. The van der Waals surface area contributed by atoms with Crippen LogP contribution in [0.3, 0.4) is 0 Å². The molecule has 0 spiro atoms. The number of amides is 1. The van der Waals surface area contributed by atoms with Gasteiger partial charge in [-0.25, -0.2) is 0 Å². The van der Waals surface area contributed by atoms with Gasteiger partial charge in [0.05, 0.1) is 16.3 Å². The number of nitrogens with one attached hydrogen (secondary N) is 1. The van der Waals surface area contributed by atoms with Crippen molar-refractivity contribution in [2.45, 2.75) is 64.8 Å². The van der Waals surface area contributed by atoms with Gasteiger partial charge in [0, 0.05) is 11.4 Å². The standard InChI is InChI=1S/C28H32ClN5O2S2/c1-5-13-34-24(16-36-22-10-8-7-9-21(22)29)32-33-27(34)37-17-25(35)31-26-20(15-30)19-12-11-18(14-23(19)38-26)28(3,4)6-2/h5,7-10,18H,1,6,11-14,16-17H2,2-4H3,(H,31,35). The molecule has 2 aromatic heterocycles. The summed E-state index contributed by atoms with van der Waals surface area (Å²) in [6.07, 6.45) is 5.79. The third-order valence-corrected chi connectivity index (χ3v) is 9.73. The molecule has 0 radical (unpaired) electrons. The van der Waals surface area contributed by atoms with E-state index in [0.717, 1.165) is 31.2 Å². The number of hydrogen-bond acceptors (Lipinski definition) is 7. The van der Waals surface area contributed by atoms with Crippen LogP contribution in [-0.4, -0.2) is 26.4 Å². The number of ether oxygens (including phenoxy) is 1. The van der Waals surface area contributed by atoms with E-state index in [1.165, 1.54) is 16.6 Å². The van der Waals surface area contributed by atoms with E-state index >= 15 is 0 Å². The minimum Gasteiger partial charge on any atom is -0.484 e. The third kappa shape index (κ3) is 6.25. The first-order valence-electron chi connectivity index (χ1n) is 12.6. The van der Waals surface area contributed by atoms with Crippen LogP contribution in [0, 0.1) is 22.7 Å². The molecule has 3 aromatic rings. The minimum absolute atomic E-state index is 0.138. The summed E-state index contributed by atoms with van der Waals surface area (Å²) in [6.45, 7) is 11.4. The molecule has 1 aliphatic carbocycles. The van der Waals surface area contributed by atoms with Gasteiger partial charge in [0.25, 0.3) is 0 Å². The molecule has 0 saturated carbocycles. The van der Waals surface area contributed by atoms with Crippen LogP contribution in [0.4, 0.5) is 5.00 Å². The monoisotopic (exact) mass is 569 g/mol. The fraction of sp³-hybridized carbons (Fsp3) is 0.429. The molecular formula is C28H32ClN5O2S2. The summed E-state index contributed by atoms with van der Waals surface area (Å²) in [5, 5.41) is 23.1. The van der Waals surface area contributed by atoms with E-state index in [2.05, 4.69) is 48.9 Å². The van der Waals surface area contributed by atoms with Crippen LogP contribution in [0.5, 0.6) is 5.75 Å². The van der Waals surface area contributed by atoms with Gasteiger partial charge in [-0.1, -0.05) is 68.8 Å². The number of allylic oxidation sites excluding steroid dienone is 1. The first-order valence-corrected chi connectivity index (χ1v) is 14.8. The molecule has 1 aromatic carbocycles. The molecule has 10 heteroatoms. The number of thioether (sulfide) groups is 1. The summed E-state index contributed by atoms with van der Waals surface area (Å²) in [7, 11) is 0. The molecule has 1 aliphatic rings. The Hall–Kier alpha value is -2.80. The molecule has 38 heavy (non-hydrogen) atoms. The number of carbonyl (C=O) groups is 1. The molecule has 0 bridgehead atoms. The summed E-state index contributed by atoms with van der Waals surface area (Å²) in [5.74, 6) is 1.70. The topological polar surface area (TPSA) is 92.8 Å². The molecule has 1 N–H and O–H groups in total. The molecule has 7 nitrogen and oxygen atoms in total. The lowest BCUT2D eigenvalue weighted by atomic mass is 9.69. The molecule has 1 atom stereocenters. The molecule has 0 aliphatic heterocycles. The summed E-state index contributed by atoms with van der Waals surface area (Å²) in [5.41, 5.74) is 1.98. The normalized spacial score (nSPS) is 15.0. The fourth-order valence-electron chi connectivity index (χ4n) is 4.59. The number of anilines is 1. The van der Waals surface area contributed by atoms with Gasteiger partial charge >= 0.3 is 0 Å². The van der Waals surface area contributed by atoms with Crippen LogP contribution in [0.2, 0.25) is 5.02 Å². The molecule has 1 unspecified atom stereocenters. The zero-order chi connectivity index (χ0) is 27.3. The number of para-hydroxylation sites is 1. The Bertz CT molecular complexity index is 1360. The number of fused-ring (bicyclic) bond motifs is 1. The van der Waals surface area contributed by atoms with Gasteiger partial charge in [0.1, 0.15) is 23.4 Å².